The maximum Gasteiger partial charge on any atom is 0.255 e. The molecule has 34 heavy (non-hydrogen) atoms. The Kier molecular flexibility index (Phi) is 6.36. The summed E-state index contributed by atoms with van der Waals surface area (Å²) in [5.41, 5.74) is 1.39. The molecule has 0 fully saturated rings. The lowest BCUT2D eigenvalue weighted by atomic mass is 9.95. The lowest BCUT2D eigenvalue weighted by Gasteiger charge is -2.31. The fraction of sp³-hybridized carbons (Fsp3) is 0.200. The molecule has 0 unspecified atom stereocenters. The highest BCUT2D eigenvalue weighted by Crippen LogP contribution is 2.41. The van der Waals surface area contributed by atoms with Gasteiger partial charge in [0.25, 0.3) is 5.91 Å². The van der Waals surface area contributed by atoms with Crippen molar-refractivity contribution < 1.29 is 32.6 Å². The van der Waals surface area contributed by atoms with Gasteiger partial charge in [0.1, 0.15) is 18.2 Å². The van der Waals surface area contributed by atoms with Crippen LogP contribution in [0.3, 0.4) is 0 Å². The second-order valence-electron chi connectivity index (χ2n) is 7.58. The molecule has 3 aromatic carbocycles. The van der Waals surface area contributed by atoms with Crippen LogP contribution in [0.4, 0.5) is 14.5 Å². The van der Waals surface area contributed by atoms with Gasteiger partial charge in [-0.25, -0.2) is 8.78 Å². The van der Waals surface area contributed by atoms with Crippen LogP contribution in [0.1, 0.15) is 27.5 Å². The third kappa shape index (κ3) is 4.24. The quantitative estimate of drug-likeness (QED) is 0.608. The number of carbonyl (C=O) groups is 2. The van der Waals surface area contributed by atoms with Crippen molar-refractivity contribution in [3.05, 3.63) is 82.9 Å². The van der Waals surface area contributed by atoms with Crippen molar-refractivity contribution in [3.8, 4) is 17.2 Å². The van der Waals surface area contributed by atoms with Crippen molar-refractivity contribution in [1.29, 1.82) is 0 Å². The molecule has 0 aromatic heterocycles. The Morgan fingerprint density at radius 3 is 2.12 bits per heavy atom. The van der Waals surface area contributed by atoms with E-state index in [4.69, 9.17) is 14.2 Å². The van der Waals surface area contributed by atoms with Crippen LogP contribution in [-0.2, 0) is 4.79 Å². The van der Waals surface area contributed by atoms with Gasteiger partial charge in [-0.05, 0) is 48.0 Å². The van der Waals surface area contributed by atoms with Crippen molar-refractivity contribution in [2.24, 2.45) is 0 Å². The third-order valence-corrected chi connectivity index (χ3v) is 5.57. The monoisotopic (exact) mass is 468 g/mol. The molecule has 0 spiro atoms. The molecule has 1 atom stereocenters. The largest absolute Gasteiger partial charge is 0.493 e. The van der Waals surface area contributed by atoms with Crippen LogP contribution in [0.5, 0.6) is 17.2 Å². The molecule has 0 saturated carbocycles. The van der Waals surface area contributed by atoms with E-state index >= 15 is 0 Å². The van der Waals surface area contributed by atoms with Gasteiger partial charge < -0.3 is 24.4 Å². The van der Waals surface area contributed by atoms with Gasteiger partial charge in [-0.3, -0.25) is 9.59 Å². The molecule has 0 bridgehead atoms. The summed E-state index contributed by atoms with van der Waals surface area (Å²) in [5.74, 6) is -1.18. The smallest absolute Gasteiger partial charge is 0.255 e. The van der Waals surface area contributed by atoms with Crippen molar-refractivity contribution in [3.63, 3.8) is 0 Å². The molecule has 4 rings (SSSR count). The lowest BCUT2D eigenvalue weighted by molar-refractivity contribution is -0.117. The lowest BCUT2D eigenvalue weighted by Crippen LogP contribution is -2.39. The van der Waals surface area contributed by atoms with E-state index in [-0.39, 0.29) is 23.6 Å². The number of nitrogens with zero attached hydrogens (tertiary/aromatic N) is 1. The van der Waals surface area contributed by atoms with E-state index in [0.29, 0.717) is 22.6 Å². The Labute approximate surface area is 194 Å². The van der Waals surface area contributed by atoms with Crippen LogP contribution < -0.4 is 19.5 Å². The van der Waals surface area contributed by atoms with E-state index < -0.39 is 29.5 Å². The van der Waals surface area contributed by atoms with E-state index in [1.807, 2.05) is 0 Å². The number of benzene rings is 3. The SMILES string of the molecule is COc1cc(C(=O)N2CC(=O)Nc3ccc(F)cc3[C@H]2c2ccc(F)cc2)cc(OC)c1OC. The Morgan fingerprint density at radius 2 is 1.53 bits per heavy atom. The zero-order valence-electron chi connectivity index (χ0n) is 18.7. The van der Waals surface area contributed by atoms with E-state index in [9.17, 15) is 18.4 Å². The minimum absolute atomic E-state index is 0.161. The second-order valence-corrected chi connectivity index (χ2v) is 7.58. The van der Waals surface area contributed by atoms with Crippen LogP contribution >= 0.6 is 0 Å². The summed E-state index contributed by atoms with van der Waals surface area (Å²) < 4.78 is 44.0. The van der Waals surface area contributed by atoms with Gasteiger partial charge >= 0.3 is 0 Å². The van der Waals surface area contributed by atoms with E-state index in [1.54, 1.807) is 0 Å². The third-order valence-electron chi connectivity index (χ3n) is 5.57. The highest BCUT2D eigenvalue weighted by atomic mass is 19.1. The Bertz CT molecular complexity index is 1220. The number of hydrogen-bond acceptors (Lipinski definition) is 5. The number of rotatable bonds is 5. The molecule has 0 saturated heterocycles. The van der Waals surface area contributed by atoms with Crippen molar-refractivity contribution in [2.45, 2.75) is 6.04 Å². The van der Waals surface area contributed by atoms with E-state index in [2.05, 4.69) is 5.32 Å². The zero-order valence-corrected chi connectivity index (χ0v) is 18.7. The molecule has 1 N–H and O–H groups in total. The molecule has 176 valence electrons. The number of methoxy groups -OCH3 is 3. The fourth-order valence-corrected chi connectivity index (χ4v) is 4.04. The average molecular weight is 468 g/mol. The average Bonchev–Trinajstić information content (AvgIpc) is 2.98. The summed E-state index contributed by atoms with van der Waals surface area (Å²) in [6.07, 6.45) is 0. The molecular formula is C25H22F2N2O5. The highest BCUT2D eigenvalue weighted by molar-refractivity contribution is 6.02. The zero-order chi connectivity index (χ0) is 24.4. The topological polar surface area (TPSA) is 77.1 Å². The molecule has 1 heterocycles. The molecule has 9 heteroatoms. The van der Waals surface area contributed by atoms with Gasteiger partial charge in [-0.1, -0.05) is 12.1 Å². The first-order valence-electron chi connectivity index (χ1n) is 10.3. The Morgan fingerprint density at radius 1 is 0.912 bits per heavy atom. The Hall–Kier alpha value is -4.14. The van der Waals surface area contributed by atoms with Crippen LogP contribution in [0, 0.1) is 11.6 Å². The van der Waals surface area contributed by atoms with Crippen LogP contribution in [0.15, 0.2) is 54.6 Å². The van der Waals surface area contributed by atoms with E-state index in [0.717, 1.165) is 0 Å². The van der Waals surface area contributed by atoms with Crippen LogP contribution in [-0.4, -0.2) is 44.6 Å². The molecule has 2 amide bonds. The van der Waals surface area contributed by atoms with Gasteiger partial charge in [0.15, 0.2) is 11.5 Å². The van der Waals surface area contributed by atoms with Crippen molar-refractivity contribution in [2.75, 3.05) is 33.2 Å². The molecular weight excluding hydrogens is 446 g/mol. The Balaban J connectivity index is 1.90. The summed E-state index contributed by atoms with van der Waals surface area (Å²) >= 11 is 0. The summed E-state index contributed by atoms with van der Waals surface area (Å²) in [6, 6.07) is 11.5. The number of carbonyl (C=O) groups excluding carboxylic acids is 2. The maximum absolute atomic E-state index is 14.3. The number of nitrogens with one attached hydrogen (secondary N) is 1. The number of amides is 2. The summed E-state index contributed by atoms with van der Waals surface area (Å²) in [4.78, 5) is 27.8. The van der Waals surface area contributed by atoms with Crippen LogP contribution in [0.2, 0.25) is 0 Å². The second kappa shape index (κ2) is 9.38. The van der Waals surface area contributed by atoms with E-state index in [1.165, 1.54) is 80.8 Å². The van der Waals surface area contributed by atoms with Gasteiger partial charge in [0.2, 0.25) is 11.7 Å². The standard InChI is InChI=1S/C25H22F2N2O5/c1-32-20-10-15(11-21(33-2)24(20)34-3)25(31)29-13-22(30)28-19-9-8-17(27)12-18(19)23(29)14-4-6-16(26)7-5-14/h4-12,23H,13H2,1-3H3,(H,28,30)/t23-/m1/s1. The number of hydrogen-bond donors (Lipinski definition) is 1. The predicted molar refractivity (Wildman–Crippen MR) is 120 cm³/mol. The molecule has 0 radical (unpaired) electrons. The first kappa shape index (κ1) is 23.0. The number of ether oxygens (including phenoxy) is 3. The van der Waals surface area contributed by atoms with Gasteiger partial charge in [-0.15, -0.1) is 0 Å². The molecule has 0 aliphatic carbocycles. The minimum Gasteiger partial charge on any atom is -0.493 e. The van der Waals surface area contributed by atoms with Crippen LogP contribution in [0.25, 0.3) is 0 Å². The maximum atomic E-state index is 14.3. The molecule has 7 nitrogen and oxygen atoms in total. The molecule has 3 aromatic rings. The normalized spacial score (nSPS) is 15.1. The van der Waals surface area contributed by atoms with Crippen molar-refractivity contribution in [1.82, 2.24) is 4.90 Å². The van der Waals surface area contributed by atoms with Gasteiger partial charge in [-0.2, -0.15) is 0 Å². The fourth-order valence-electron chi connectivity index (χ4n) is 4.04. The first-order valence-corrected chi connectivity index (χ1v) is 10.3. The van der Waals surface area contributed by atoms with Gasteiger partial charge in [0, 0.05) is 16.8 Å². The number of fused-ring (bicyclic) bond motifs is 1. The predicted octanol–water partition coefficient (Wildman–Crippen LogP) is 4.17. The first-order chi connectivity index (χ1) is 16.4. The summed E-state index contributed by atoms with van der Waals surface area (Å²) in [6.45, 7) is -0.326. The number of halogens is 2. The summed E-state index contributed by atoms with van der Waals surface area (Å²) in [7, 11) is 4.29. The molecule has 1 aliphatic heterocycles. The molecule has 1 aliphatic rings. The number of anilines is 1. The minimum atomic E-state index is -0.878. The van der Waals surface area contributed by atoms with Gasteiger partial charge in [0.05, 0.1) is 27.4 Å². The summed E-state index contributed by atoms with van der Waals surface area (Å²) in [5, 5.41) is 2.72. The highest BCUT2D eigenvalue weighted by Gasteiger charge is 2.35. The van der Waals surface area contributed by atoms with Crippen molar-refractivity contribution >= 4 is 17.5 Å².